The summed E-state index contributed by atoms with van der Waals surface area (Å²) < 4.78 is 13.7. The van der Waals surface area contributed by atoms with Gasteiger partial charge in [0.25, 0.3) is 5.91 Å². The zero-order valence-corrected chi connectivity index (χ0v) is 21.0. The number of amides is 1. The maximum atomic E-state index is 13.7. The first kappa shape index (κ1) is 24.4. The van der Waals surface area contributed by atoms with Crippen LogP contribution in [-0.2, 0) is 18.4 Å². The van der Waals surface area contributed by atoms with E-state index in [1.807, 2.05) is 42.5 Å². The molecule has 1 atom stereocenters. The average Bonchev–Trinajstić information content (AvgIpc) is 3.38. The summed E-state index contributed by atoms with van der Waals surface area (Å²) in [7, 11) is 0. The van der Waals surface area contributed by atoms with E-state index in [1.165, 1.54) is 6.42 Å². The van der Waals surface area contributed by atoms with Gasteiger partial charge in [0, 0.05) is 37.7 Å². The molecule has 5 nitrogen and oxygen atoms in total. The Morgan fingerprint density at radius 1 is 1.08 bits per heavy atom. The van der Waals surface area contributed by atoms with E-state index in [2.05, 4.69) is 22.1 Å². The molecule has 1 aliphatic heterocycles. The molecule has 36 heavy (non-hydrogen) atoms. The molecule has 2 aromatic carbocycles. The van der Waals surface area contributed by atoms with Crippen molar-refractivity contribution in [3.63, 3.8) is 0 Å². The van der Waals surface area contributed by atoms with Crippen molar-refractivity contribution in [1.82, 2.24) is 15.3 Å². The maximum absolute atomic E-state index is 13.7. The summed E-state index contributed by atoms with van der Waals surface area (Å²) in [4.78, 5) is 25.3. The second-order valence-corrected chi connectivity index (χ2v) is 10.6. The Labute approximate surface area is 213 Å². The number of benzene rings is 2. The Bertz CT molecular complexity index is 1180. The minimum Gasteiger partial charge on any atom is -0.348 e. The molecule has 1 amide bonds. The predicted molar refractivity (Wildman–Crippen MR) is 141 cm³/mol. The van der Waals surface area contributed by atoms with Gasteiger partial charge in [-0.3, -0.25) is 4.79 Å². The second-order valence-electron chi connectivity index (χ2n) is 10.6. The molecule has 1 saturated carbocycles. The summed E-state index contributed by atoms with van der Waals surface area (Å²) in [5, 5.41) is 3.06. The minimum absolute atomic E-state index is 0.150. The lowest BCUT2D eigenvalue weighted by Gasteiger charge is -2.33. The van der Waals surface area contributed by atoms with Crippen LogP contribution in [0.2, 0.25) is 0 Å². The van der Waals surface area contributed by atoms with E-state index in [4.69, 9.17) is 4.98 Å². The summed E-state index contributed by atoms with van der Waals surface area (Å²) in [6.45, 7) is 4.59. The van der Waals surface area contributed by atoms with E-state index in [9.17, 15) is 9.18 Å². The zero-order chi connectivity index (χ0) is 25.0. The van der Waals surface area contributed by atoms with Crippen LogP contribution in [0.25, 0.3) is 0 Å². The van der Waals surface area contributed by atoms with Crippen molar-refractivity contribution in [2.75, 3.05) is 18.0 Å². The van der Waals surface area contributed by atoms with Crippen molar-refractivity contribution in [1.29, 1.82) is 0 Å². The van der Waals surface area contributed by atoms with Gasteiger partial charge < -0.3 is 10.2 Å². The van der Waals surface area contributed by atoms with Crippen LogP contribution >= 0.6 is 0 Å². The van der Waals surface area contributed by atoms with Crippen LogP contribution in [0.15, 0.2) is 60.8 Å². The third-order valence-electron chi connectivity index (χ3n) is 7.86. The summed E-state index contributed by atoms with van der Waals surface area (Å²) in [5.41, 5.74) is 3.35. The molecule has 1 N–H and O–H groups in total. The van der Waals surface area contributed by atoms with Gasteiger partial charge in [-0.25, -0.2) is 14.4 Å². The fraction of sp³-hybridized carbons (Fsp3) is 0.433. The summed E-state index contributed by atoms with van der Waals surface area (Å²) in [5.74, 6) is 0.930. The van der Waals surface area contributed by atoms with Crippen molar-refractivity contribution in [3.05, 3.63) is 89.0 Å². The molecule has 1 saturated heterocycles. The number of halogens is 1. The van der Waals surface area contributed by atoms with Gasteiger partial charge in [0.15, 0.2) is 0 Å². The molecular weight excluding hydrogens is 451 g/mol. The van der Waals surface area contributed by atoms with Crippen LogP contribution < -0.4 is 10.2 Å². The van der Waals surface area contributed by atoms with Crippen molar-refractivity contribution in [3.8, 4) is 0 Å². The molecule has 6 heteroatoms. The molecule has 2 fully saturated rings. The quantitative estimate of drug-likeness (QED) is 0.456. The highest BCUT2D eigenvalue weighted by Gasteiger charge is 2.37. The molecule has 3 aromatic rings. The van der Waals surface area contributed by atoms with E-state index >= 15 is 0 Å². The first-order chi connectivity index (χ1) is 17.5. The van der Waals surface area contributed by atoms with Crippen LogP contribution in [0.3, 0.4) is 0 Å². The summed E-state index contributed by atoms with van der Waals surface area (Å²) in [6.07, 6.45) is 8.95. The number of anilines is 1. The standard InChI is InChI=1S/C30H35FN4O/c1-22-8-7-17-35(21-22)29-33-20-26(28(36)32-19-23-9-3-2-4-10-23)27(34-29)18-30(15-5-6-16-30)24-11-13-25(31)14-12-24/h2-4,9-14,20,22H,5-8,15-19,21H2,1H3,(H,32,36). The van der Waals surface area contributed by atoms with Crippen LogP contribution in [-0.4, -0.2) is 29.0 Å². The SMILES string of the molecule is CC1CCCN(c2ncc(C(=O)NCc3ccccc3)c(CC3(c4ccc(F)cc4)CCCC3)n2)C1. The fourth-order valence-electron chi connectivity index (χ4n) is 5.87. The molecule has 1 aliphatic carbocycles. The fourth-order valence-corrected chi connectivity index (χ4v) is 5.87. The smallest absolute Gasteiger partial charge is 0.254 e. The number of aromatic nitrogens is 2. The van der Waals surface area contributed by atoms with E-state index in [1.54, 1.807) is 18.3 Å². The normalized spacial score (nSPS) is 19.3. The number of rotatable bonds is 7. The van der Waals surface area contributed by atoms with Gasteiger partial charge >= 0.3 is 0 Å². The Hall–Kier alpha value is -3.28. The van der Waals surface area contributed by atoms with Crippen LogP contribution in [0.5, 0.6) is 0 Å². The van der Waals surface area contributed by atoms with Gasteiger partial charge in [-0.05, 0) is 54.9 Å². The minimum atomic E-state index is -0.226. The molecule has 0 radical (unpaired) electrons. The topological polar surface area (TPSA) is 58.1 Å². The van der Waals surface area contributed by atoms with Gasteiger partial charge in [-0.1, -0.05) is 62.2 Å². The van der Waals surface area contributed by atoms with Crippen molar-refractivity contribution in [2.45, 2.75) is 63.8 Å². The van der Waals surface area contributed by atoms with Gasteiger partial charge in [0.2, 0.25) is 5.95 Å². The number of nitrogens with zero attached hydrogens (tertiary/aromatic N) is 3. The molecule has 0 spiro atoms. The lowest BCUT2D eigenvalue weighted by Crippen LogP contribution is -2.36. The zero-order valence-electron chi connectivity index (χ0n) is 21.0. The Kier molecular flexibility index (Phi) is 7.30. The number of carbonyl (C=O) groups is 1. The Morgan fingerprint density at radius 2 is 1.83 bits per heavy atom. The first-order valence-electron chi connectivity index (χ1n) is 13.2. The lowest BCUT2D eigenvalue weighted by molar-refractivity contribution is 0.0948. The molecule has 1 unspecified atom stereocenters. The third kappa shape index (κ3) is 5.43. The van der Waals surface area contributed by atoms with Crippen molar-refractivity contribution >= 4 is 11.9 Å². The van der Waals surface area contributed by atoms with Gasteiger partial charge in [0.05, 0.1) is 11.3 Å². The molecule has 5 rings (SSSR count). The van der Waals surface area contributed by atoms with E-state index in [0.717, 1.165) is 62.0 Å². The molecule has 2 aliphatic rings. The highest BCUT2D eigenvalue weighted by atomic mass is 19.1. The maximum Gasteiger partial charge on any atom is 0.254 e. The number of nitrogens with one attached hydrogen (secondary N) is 1. The number of piperidine rings is 1. The summed E-state index contributed by atoms with van der Waals surface area (Å²) >= 11 is 0. The molecule has 1 aromatic heterocycles. The van der Waals surface area contributed by atoms with E-state index in [-0.39, 0.29) is 17.1 Å². The van der Waals surface area contributed by atoms with Gasteiger partial charge in [-0.15, -0.1) is 0 Å². The second kappa shape index (κ2) is 10.8. The van der Waals surface area contributed by atoms with Crippen LogP contribution in [0.4, 0.5) is 10.3 Å². The van der Waals surface area contributed by atoms with Crippen molar-refractivity contribution < 1.29 is 9.18 Å². The summed E-state index contributed by atoms with van der Waals surface area (Å²) in [6, 6.07) is 16.8. The largest absolute Gasteiger partial charge is 0.348 e. The highest BCUT2D eigenvalue weighted by molar-refractivity contribution is 5.95. The number of hydrogen-bond acceptors (Lipinski definition) is 4. The van der Waals surface area contributed by atoms with Crippen LogP contribution in [0, 0.1) is 11.7 Å². The number of carbonyl (C=O) groups excluding carboxylic acids is 1. The molecule has 0 bridgehead atoms. The van der Waals surface area contributed by atoms with Gasteiger partial charge in [-0.2, -0.15) is 0 Å². The Morgan fingerprint density at radius 3 is 2.56 bits per heavy atom. The first-order valence-corrected chi connectivity index (χ1v) is 13.2. The average molecular weight is 487 g/mol. The Balaban J connectivity index is 1.47. The van der Waals surface area contributed by atoms with E-state index in [0.29, 0.717) is 30.4 Å². The van der Waals surface area contributed by atoms with E-state index < -0.39 is 0 Å². The number of hydrogen-bond donors (Lipinski definition) is 1. The highest BCUT2D eigenvalue weighted by Crippen LogP contribution is 2.44. The van der Waals surface area contributed by atoms with Crippen molar-refractivity contribution in [2.24, 2.45) is 5.92 Å². The molecular formula is C30H35FN4O. The lowest BCUT2D eigenvalue weighted by atomic mass is 9.74. The third-order valence-corrected chi connectivity index (χ3v) is 7.86. The predicted octanol–water partition coefficient (Wildman–Crippen LogP) is 5.84. The molecule has 2 heterocycles. The van der Waals surface area contributed by atoms with Gasteiger partial charge in [0.1, 0.15) is 5.82 Å². The molecule has 188 valence electrons. The monoisotopic (exact) mass is 486 g/mol. The van der Waals surface area contributed by atoms with Crippen LogP contribution in [0.1, 0.15) is 72.6 Å².